The Hall–Kier alpha value is -2.36. The fraction of sp³-hybridized carbons (Fsp3) is 0.143. The van der Waals surface area contributed by atoms with Crippen molar-refractivity contribution in [2.75, 3.05) is 11.5 Å². The molecule has 0 saturated heterocycles. The number of anilines is 2. The van der Waals surface area contributed by atoms with Crippen molar-refractivity contribution in [3.63, 3.8) is 0 Å². The predicted octanol–water partition coefficient (Wildman–Crippen LogP) is 2.57. The number of aryl methyl sites for hydroxylation is 2. The fourth-order valence-corrected chi connectivity index (χ4v) is 1.29. The predicted molar refractivity (Wildman–Crippen MR) is 74.5 cm³/mol. The average Bonchev–Trinajstić information content (AvgIpc) is 2.30. The third-order valence-electron chi connectivity index (χ3n) is 2.52. The van der Waals surface area contributed by atoms with Gasteiger partial charge in [0.05, 0.1) is 0 Å². The standard InChI is InChI=1S/2C7H9NO/c1-5-4-6(9)2-3-7(5)8;1-5-2-3-6(9)4-7(5)8/h2*2-4,9H,8H2,1H3. The Bertz CT molecular complexity index is 490. The molecular formula is C14H18N2O2. The molecule has 0 saturated carbocycles. The molecule has 0 unspecified atom stereocenters. The second kappa shape index (κ2) is 5.82. The summed E-state index contributed by atoms with van der Waals surface area (Å²) in [6, 6.07) is 9.83. The smallest absolute Gasteiger partial charge is 0.117 e. The van der Waals surface area contributed by atoms with E-state index < -0.39 is 0 Å². The molecule has 6 N–H and O–H groups in total. The second-order valence-corrected chi connectivity index (χ2v) is 4.08. The van der Waals surface area contributed by atoms with Gasteiger partial charge in [-0.15, -0.1) is 0 Å². The summed E-state index contributed by atoms with van der Waals surface area (Å²) in [6.45, 7) is 3.75. The number of phenolic OH excluding ortho intramolecular Hbond substituents is 2. The van der Waals surface area contributed by atoms with Gasteiger partial charge in [-0.1, -0.05) is 6.07 Å². The van der Waals surface area contributed by atoms with E-state index in [4.69, 9.17) is 21.7 Å². The number of hydrogen-bond acceptors (Lipinski definition) is 4. The van der Waals surface area contributed by atoms with Crippen LogP contribution in [0, 0.1) is 13.8 Å². The van der Waals surface area contributed by atoms with Gasteiger partial charge in [0.1, 0.15) is 11.5 Å². The largest absolute Gasteiger partial charge is 0.508 e. The molecule has 0 bridgehead atoms. The van der Waals surface area contributed by atoms with Crippen molar-refractivity contribution in [1.82, 2.24) is 0 Å². The quantitative estimate of drug-likeness (QED) is 0.424. The fourth-order valence-electron chi connectivity index (χ4n) is 1.29. The van der Waals surface area contributed by atoms with Crippen LogP contribution < -0.4 is 11.5 Å². The summed E-state index contributed by atoms with van der Waals surface area (Å²) in [7, 11) is 0. The topological polar surface area (TPSA) is 92.5 Å². The van der Waals surface area contributed by atoms with E-state index in [2.05, 4.69) is 0 Å². The number of phenols is 2. The zero-order valence-electron chi connectivity index (χ0n) is 10.5. The van der Waals surface area contributed by atoms with Crippen molar-refractivity contribution in [3.05, 3.63) is 47.5 Å². The van der Waals surface area contributed by atoms with E-state index in [0.29, 0.717) is 11.4 Å². The summed E-state index contributed by atoms with van der Waals surface area (Å²) in [4.78, 5) is 0. The molecule has 2 rings (SSSR count). The molecule has 0 atom stereocenters. The van der Waals surface area contributed by atoms with Gasteiger partial charge in [0.25, 0.3) is 0 Å². The highest BCUT2D eigenvalue weighted by Crippen LogP contribution is 2.17. The van der Waals surface area contributed by atoms with Gasteiger partial charge in [-0.05, 0) is 49.2 Å². The van der Waals surface area contributed by atoms with Gasteiger partial charge in [-0.25, -0.2) is 0 Å². The first-order valence-corrected chi connectivity index (χ1v) is 5.50. The van der Waals surface area contributed by atoms with Crippen LogP contribution in [0.4, 0.5) is 11.4 Å². The monoisotopic (exact) mass is 246 g/mol. The Morgan fingerprint density at radius 3 is 1.72 bits per heavy atom. The maximum absolute atomic E-state index is 8.88. The highest BCUT2D eigenvalue weighted by Gasteiger charge is 1.92. The molecule has 0 spiro atoms. The first-order valence-electron chi connectivity index (χ1n) is 5.50. The summed E-state index contributed by atoms with van der Waals surface area (Å²) in [5.41, 5.74) is 14.2. The molecule has 0 amide bonds. The SMILES string of the molecule is Cc1cc(O)ccc1N.Cc1ccc(O)cc1N. The first-order chi connectivity index (χ1) is 8.40. The number of aromatic hydroxyl groups is 2. The zero-order valence-corrected chi connectivity index (χ0v) is 10.5. The molecule has 0 heterocycles. The van der Waals surface area contributed by atoms with E-state index in [9.17, 15) is 0 Å². The minimum atomic E-state index is 0.220. The van der Waals surface area contributed by atoms with E-state index in [0.717, 1.165) is 11.1 Å². The van der Waals surface area contributed by atoms with Gasteiger partial charge in [0.15, 0.2) is 0 Å². The number of nitrogen functional groups attached to an aromatic ring is 2. The van der Waals surface area contributed by atoms with Crippen LogP contribution in [0.5, 0.6) is 11.5 Å². The molecular weight excluding hydrogens is 228 g/mol. The highest BCUT2D eigenvalue weighted by atomic mass is 16.3. The van der Waals surface area contributed by atoms with Crippen molar-refractivity contribution >= 4 is 11.4 Å². The van der Waals surface area contributed by atoms with Crippen LogP contribution in [-0.2, 0) is 0 Å². The van der Waals surface area contributed by atoms with E-state index >= 15 is 0 Å². The molecule has 4 heteroatoms. The van der Waals surface area contributed by atoms with Crippen molar-refractivity contribution < 1.29 is 10.2 Å². The van der Waals surface area contributed by atoms with Crippen molar-refractivity contribution in [1.29, 1.82) is 0 Å². The summed E-state index contributed by atoms with van der Waals surface area (Å²) < 4.78 is 0. The third-order valence-corrected chi connectivity index (χ3v) is 2.52. The van der Waals surface area contributed by atoms with E-state index in [1.807, 2.05) is 13.8 Å². The van der Waals surface area contributed by atoms with E-state index in [-0.39, 0.29) is 11.5 Å². The van der Waals surface area contributed by atoms with Crippen LogP contribution in [0.25, 0.3) is 0 Å². The first kappa shape index (κ1) is 13.7. The maximum Gasteiger partial charge on any atom is 0.117 e. The van der Waals surface area contributed by atoms with Crippen LogP contribution in [0.1, 0.15) is 11.1 Å². The van der Waals surface area contributed by atoms with Crippen molar-refractivity contribution in [2.45, 2.75) is 13.8 Å². The highest BCUT2D eigenvalue weighted by molar-refractivity contribution is 5.50. The van der Waals surface area contributed by atoms with Gasteiger partial charge in [0.2, 0.25) is 0 Å². The number of rotatable bonds is 0. The minimum absolute atomic E-state index is 0.220. The van der Waals surface area contributed by atoms with Gasteiger partial charge < -0.3 is 21.7 Å². The Kier molecular flexibility index (Phi) is 4.43. The summed E-state index contributed by atoms with van der Waals surface area (Å²) in [5, 5.41) is 17.7. The number of benzene rings is 2. The lowest BCUT2D eigenvalue weighted by atomic mass is 10.2. The molecule has 0 aliphatic rings. The van der Waals surface area contributed by atoms with Crippen LogP contribution in [-0.4, -0.2) is 10.2 Å². The molecule has 96 valence electrons. The molecule has 0 radical (unpaired) electrons. The summed E-state index contributed by atoms with van der Waals surface area (Å²) in [6.07, 6.45) is 0. The molecule has 4 nitrogen and oxygen atoms in total. The molecule has 2 aromatic rings. The van der Waals surface area contributed by atoms with Crippen LogP contribution in [0.2, 0.25) is 0 Å². The lowest BCUT2D eigenvalue weighted by Crippen LogP contribution is -1.86. The maximum atomic E-state index is 8.88. The number of nitrogens with two attached hydrogens (primary N) is 2. The van der Waals surface area contributed by atoms with Gasteiger partial charge in [-0.2, -0.15) is 0 Å². The molecule has 18 heavy (non-hydrogen) atoms. The Balaban J connectivity index is 0.000000180. The van der Waals surface area contributed by atoms with E-state index in [1.165, 1.54) is 6.07 Å². The molecule has 2 aromatic carbocycles. The minimum Gasteiger partial charge on any atom is -0.508 e. The summed E-state index contributed by atoms with van der Waals surface area (Å²) in [5.74, 6) is 0.486. The van der Waals surface area contributed by atoms with Gasteiger partial charge in [-0.3, -0.25) is 0 Å². The van der Waals surface area contributed by atoms with E-state index in [1.54, 1.807) is 30.3 Å². The second-order valence-electron chi connectivity index (χ2n) is 4.08. The Morgan fingerprint density at radius 1 is 0.722 bits per heavy atom. The molecule has 0 aromatic heterocycles. The van der Waals surface area contributed by atoms with Crippen LogP contribution in [0.3, 0.4) is 0 Å². The van der Waals surface area contributed by atoms with Gasteiger partial charge in [0, 0.05) is 17.4 Å². The molecule has 0 aliphatic carbocycles. The van der Waals surface area contributed by atoms with Crippen LogP contribution in [0.15, 0.2) is 36.4 Å². The normalized spacial score (nSPS) is 9.44. The Labute approximate surface area is 106 Å². The lowest BCUT2D eigenvalue weighted by molar-refractivity contribution is 0.474. The molecule has 0 aliphatic heterocycles. The van der Waals surface area contributed by atoms with Crippen molar-refractivity contribution in [2.24, 2.45) is 0 Å². The number of hydrogen-bond donors (Lipinski definition) is 4. The van der Waals surface area contributed by atoms with Crippen LogP contribution >= 0.6 is 0 Å². The average molecular weight is 246 g/mol. The zero-order chi connectivity index (χ0) is 13.7. The third kappa shape index (κ3) is 3.90. The molecule has 0 fully saturated rings. The summed E-state index contributed by atoms with van der Waals surface area (Å²) >= 11 is 0. The lowest BCUT2D eigenvalue weighted by Gasteiger charge is -1.97. The Morgan fingerprint density at radius 2 is 1.28 bits per heavy atom. The van der Waals surface area contributed by atoms with Gasteiger partial charge >= 0.3 is 0 Å². The van der Waals surface area contributed by atoms with Crippen molar-refractivity contribution in [3.8, 4) is 11.5 Å².